The molecule has 2 aromatic carbocycles. The number of carbonyl (C=O) groups excluding carboxylic acids is 2. The molecule has 2 rings (SSSR count). The number of halogens is 3. The summed E-state index contributed by atoms with van der Waals surface area (Å²) in [6, 6.07) is 11.2. The van der Waals surface area contributed by atoms with Gasteiger partial charge in [0, 0.05) is 18.2 Å². The Labute approximate surface area is 136 Å². The number of ketones is 1. The monoisotopic (exact) mass is 333 g/mol. The average molecular weight is 333 g/mol. The van der Waals surface area contributed by atoms with Gasteiger partial charge in [0.05, 0.1) is 5.56 Å². The van der Waals surface area contributed by atoms with Gasteiger partial charge in [-0.3, -0.25) is 9.59 Å². The van der Waals surface area contributed by atoms with Gasteiger partial charge in [0.1, 0.15) is 0 Å². The molecule has 0 radical (unpaired) electrons. The van der Waals surface area contributed by atoms with E-state index in [0.29, 0.717) is 5.69 Å². The van der Waals surface area contributed by atoms with E-state index in [4.69, 9.17) is 0 Å². The first-order chi connectivity index (χ1) is 11.3. The molecular weight excluding hydrogens is 319 g/mol. The number of carbonyl (C=O) groups is 2. The predicted molar refractivity (Wildman–Crippen MR) is 85.6 cm³/mol. The number of rotatable bonds is 4. The van der Waals surface area contributed by atoms with Crippen molar-refractivity contribution in [2.45, 2.75) is 13.1 Å². The fourth-order valence-electron chi connectivity index (χ4n) is 2.12. The maximum Gasteiger partial charge on any atom is 0.416 e. The second kappa shape index (κ2) is 7.12. The van der Waals surface area contributed by atoms with Crippen LogP contribution in [0, 0.1) is 0 Å². The van der Waals surface area contributed by atoms with Gasteiger partial charge in [-0.15, -0.1) is 0 Å². The lowest BCUT2D eigenvalue weighted by molar-refractivity contribution is -0.137. The van der Waals surface area contributed by atoms with E-state index >= 15 is 0 Å². The van der Waals surface area contributed by atoms with E-state index in [0.717, 1.165) is 18.2 Å². The molecule has 0 heterocycles. The number of alkyl halides is 3. The van der Waals surface area contributed by atoms with Crippen molar-refractivity contribution >= 4 is 23.5 Å². The van der Waals surface area contributed by atoms with E-state index in [-0.39, 0.29) is 17.0 Å². The van der Waals surface area contributed by atoms with E-state index in [1.165, 1.54) is 37.3 Å². The summed E-state index contributed by atoms with van der Waals surface area (Å²) in [7, 11) is 0. The van der Waals surface area contributed by atoms with Crippen LogP contribution in [0.4, 0.5) is 18.9 Å². The Hall–Kier alpha value is -2.89. The second-order valence-electron chi connectivity index (χ2n) is 5.04. The summed E-state index contributed by atoms with van der Waals surface area (Å²) in [4.78, 5) is 23.2. The highest BCUT2D eigenvalue weighted by Crippen LogP contribution is 2.32. The van der Waals surface area contributed by atoms with Crippen LogP contribution in [0.2, 0.25) is 0 Å². The largest absolute Gasteiger partial charge is 0.416 e. The van der Waals surface area contributed by atoms with Gasteiger partial charge in [0.15, 0.2) is 5.78 Å². The maximum atomic E-state index is 12.9. The molecule has 0 atom stereocenters. The van der Waals surface area contributed by atoms with Crippen LogP contribution in [0.25, 0.3) is 6.08 Å². The van der Waals surface area contributed by atoms with Gasteiger partial charge >= 0.3 is 6.18 Å². The molecule has 1 N–H and O–H groups in total. The molecule has 6 heteroatoms. The molecule has 1 amide bonds. The molecule has 0 spiro atoms. The molecule has 0 aromatic heterocycles. The number of benzene rings is 2. The molecule has 0 aliphatic heterocycles. The van der Waals surface area contributed by atoms with Crippen LogP contribution >= 0.6 is 0 Å². The molecule has 0 fully saturated rings. The van der Waals surface area contributed by atoms with Crippen LogP contribution in [0.1, 0.15) is 28.4 Å². The van der Waals surface area contributed by atoms with Crippen molar-refractivity contribution in [2.75, 3.05) is 5.32 Å². The summed E-state index contributed by atoms with van der Waals surface area (Å²) in [5.74, 6) is -0.742. The van der Waals surface area contributed by atoms with Gasteiger partial charge in [0.25, 0.3) is 0 Å². The summed E-state index contributed by atoms with van der Waals surface area (Å²) < 4.78 is 38.7. The third-order valence-electron chi connectivity index (χ3n) is 3.15. The Morgan fingerprint density at radius 3 is 2.42 bits per heavy atom. The predicted octanol–water partition coefficient (Wildman–Crippen LogP) is 4.56. The third kappa shape index (κ3) is 4.55. The minimum Gasteiger partial charge on any atom is -0.326 e. The Balaban J connectivity index is 2.24. The molecule has 0 aliphatic carbocycles. The topological polar surface area (TPSA) is 46.2 Å². The summed E-state index contributed by atoms with van der Waals surface area (Å²) >= 11 is 0. The zero-order chi connectivity index (χ0) is 17.7. The van der Waals surface area contributed by atoms with Crippen molar-refractivity contribution in [1.82, 2.24) is 0 Å². The van der Waals surface area contributed by atoms with Crippen molar-refractivity contribution < 1.29 is 22.8 Å². The van der Waals surface area contributed by atoms with Crippen molar-refractivity contribution in [1.29, 1.82) is 0 Å². The number of allylic oxidation sites excluding steroid dienone is 1. The molecule has 0 unspecified atom stereocenters. The van der Waals surface area contributed by atoms with Crippen molar-refractivity contribution in [2.24, 2.45) is 0 Å². The average Bonchev–Trinajstić information content (AvgIpc) is 2.51. The Morgan fingerprint density at radius 1 is 1.04 bits per heavy atom. The highest BCUT2D eigenvalue weighted by molar-refractivity contribution is 6.07. The number of amides is 1. The molecule has 3 nitrogen and oxygen atoms in total. The van der Waals surface area contributed by atoms with Crippen LogP contribution in [-0.4, -0.2) is 11.7 Å². The van der Waals surface area contributed by atoms with Crippen molar-refractivity contribution in [3.8, 4) is 0 Å². The number of anilines is 1. The highest BCUT2D eigenvalue weighted by atomic mass is 19.4. The third-order valence-corrected chi connectivity index (χ3v) is 3.15. The van der Waals surface area contributed by atoms with Crippen molar-refractivity contribution in [3.05, 3.63) is 71.3 Å². The van der Waals surface area contributed by atoms with Crippen LogP contribution in [0.15, 0.2) is 54.6 Å². The fraction of sp³-hybridized carbons (Fsp3) is 0.111. The molecule has 0 saturated heterocycles. The van der Waals surface area contributed by atoms with Gasteiger partial charge in [-0.25, -0.2) is 0 Å². The van der Waals surface area contributed by atoms with E-state index in [2.05, 4.69) is 5.32 Å². The molecule has 0 aliphatic rings. The summed E-state index contributed by atoms with van der Waals surface area (Å²) in [6.45, 7) is 1.34. The fourth-order valence-corrected chi connectivity index (χ4v) is 2.12. The highest BCUT2D eigenvalue weighted by Gasteiger charge is 2.32. The van der Waals surface area contributed by atoms with E-state index in [1.54, 1.807) is 12.1 Å². The van der Waals surface area contributed by atoms with Crippen LogP contribution in [-0.2, 0) is 11.0 Å². The SMILES string of the molecule is CC(=O)Nc1cccc(C(=O)/C=C/c2ccccc2C(F)(F)F)c1. The summed E-state index contributed by atoms with van der Waals surface area (Å²) in [5.41, 5.74) is -0.183. The van der Waals surface area contributed by atoms with E-state index in [1.807, 2.05) is 0 Å². The second-order valence-corrected chi connectivity index (χ2v) is 5.04. The Kier molecular flexibility index (Phi) is 5.18. The first kappa shape index (κ1) is 17.5. The first-order valence-electron chi connectivity index (χ1n) is 7.03. The van der Waals surface area contributed by atoms with Crippen LogP contribution in [0.5, 0.6) is 0 Å². The normalized spacial score (nSPS) is 11.5. The standard InChI is InChI=1S/C18H14F3NO2/c1-12(23)22-15-7-4-6-14(11-15)17(24)10-9-13-5-2-3-8-16(13)18(19,20)21/h2-11H,1H3,(H,22,23)/b10-9+. The minimum absolute atomic E-state index is 0.0867. The van der Waals surface area contributed by atoms with Gasteiger partial charge in [-0.1, -0.05) is 36.4 Å². The summed E-state index contributed by atoms with van der Waals surface area (Å²) in [5, 5.41) is 2.54. The van der Waals surface area contributed by atoms with Gasteiger partial charge in [-0.05, 0) is 29.8 Å². The first-order valence-corrected chi connectivity index (χ1v) is 7.03. The lowest BCUT2D eigenvalue weighted by Crippen LogP contribution is -2.07. The molecule has 24 heavy (non-hydrogen) atoms. The lowest BCUT2D eigenvalue weighted by Gasteiger charge is -2.09. The lowest BCUT2D eigenvalue weighted by atomic mass is 10.0. The maximum absolute atomic E-state index is 12.9. The van der Waals surface area contributed by atoms with Crippen molar-refractivity contribution in [3.63, 3.8) is 0 Å². The number of hydrogen-bond acceptors (Lipinski definition) is 2. The van der Waals surface area contributed by atoms with Gasteiger partial charge < -0.3 is 5.32 Å². The van der Waals surface area contributed by atoms with E-state index < -0.39 is 17.5 Å². The van der Waals surface area contributed by atoms with E-state index in [9.17, 15) is 22.8 Å². The number of nitrogens with one attached hydrogen (secondary N) is 1. The smallest absolute Gasteiger partial charge is 0.326 e. The molecule has 2 aromatic rings. The molecule has 124 valence electrons. The quantitative estimate of drug-likeness (QED) is 0.658. The number of hydrogen-bond donors (Lipinski definition) is 1. The summed E-state index contributed by atoms with van der Waals surface area (Å²) in [6.07, 6.45) is -2.27. The van der Waals surface area contributed by atoms with Crippen LogP contribution in [0.3, 0.4) is 0 Å². The minimum atomic E-state index is -4.49. The molecule has 0 bridgehead atoms. The molecular formula is C18H14F3NO2. The van der Waals surface area contributed by atoms with Gasteiger partial charge in [0.2, 0.25) is 5.91 Å². The van der Waals surface area contributed by atoms with Gasteiger partial charge in [-0.2, -0.15) is 13.2 Å². The zero-order valence-electron chi connectivity index (χ0n) is 12.7. The Bertz CT molecular complexity index is 795. The zero-order valence-corrected chi connectivity index (χ0v) is 12.7. The Morgan fingerprint density at radius 2 is 1.75 bits per heavy atom. The van der Waals surface area contributed by atoms with Crippen LogP contribution < -0.4 is 5.32 Å². The molecule has 0 saturated carbocycles.